The molecule has 0 radical (unpaired) electrons. The van der Waals surface area contributed by atoms with E-state index in [-0.39, 0.29) is 18.2 Å². The maximum absolute atomic E-state index is 13.6. The molecular weight excluding hydrogens is 412 g/mol. The molecule has 170 valence electrons. The summed E-state index contributed by atoms with van der Waals surface area (Å²) in [5, 5.41) is 2.89. The molecule has 3 aromatic carbocycles. The molecule has 0 aliphatic heterocycles. The maximum Gasteiger partial charge on any atom is 0.243 e. The fourth-order valence-electron chi connectivity index (χ4n) is 3.64. The van der Waals surface area contributed by atoms with Crippen LogP contribution in [0.15, 0.2) is 97.6 Å². The van der Waals surface area contributed by atoms with Crippen molar-refractivity contribution in [2.45, 2.75) is 25.4 Å². The molecule has 3 aromatic rings. The number of ether oxygens (including phenoxy) is 1. The molecular formula is C28H30N2O3. The maximum atomic E-state index is 13.6. The summed E-state index contributed by atoms with van der Waals surface area (Å²) >= 11 is 0. The van der Waals surface area contributed by atoms with Gasteiger partial charge in [-0.15, -0.1) is 6.58 Å². The van der Waals surface area contributed by atoms with Crippen LogP contribution in [-0.4, -0.2) is 36.4 Å². The number of carbonyl (C=O) groups excluding carboxylic acids is 2. The Morgan fingerprint density at radius 1 is 0.909 bits per heavy atom. The van der Waals surface area contributed by atoms with Crippen molar-refractivity contribution in [1.29, 1.82) is 0 Å². The molecule has 2 amide bonds. The van der Waals surface area contributed by atoms with E-state index in [9.17, 15) is 9.59 Å². The van der Waals surface area contributed by atoms with Crippen LogP contribution >= 0.6 is 0 Å². The van der Waals surface area contributed by atoms with Crippen molar-refractivity contribution in [1.82, 2.24) is 10.2 Å². The summed E-state index contributed by atoms with van der Waals surface area (Å²) in [5.74, 6) is 0.436. The summed E-state index contributed by atoms with van der Waals surface area (Å²) in [5.41, 5.74) is 2.82. The van der Waals surface area contributed by atoms with Crippen molar-refractivity contribution in [2.75, 3.05) is 13.7 Å². The molecule has 0 aromatic heterocycles. The smallest absolute Gasteiger partial charge is 0.243 e. The van der Waals surface area contributed by atoms with E-state index in [1.165, 1.54) is 0 Å². The van der Waals surface area contributed by atoms with Gasteiger partial charge < -0.3 is 15.0 Å². The van der Waals surface area contributed by atoms with Gasteiger partial charge in [0.1, 0.15) is 11.8 Å². The van der Waals surface area contributed by atoms with Crippen LogP contribution in [0.5, 0.6) is 5.75 Å². The second-order valence-corrected chi connectivity index (χ2v) is 7.77. The number of amides is 2. The number of nitrogens with zero attached hydrogens (tertiary/aromatic N) is 1. The van der Waals surface area contributed by atoms with Crippen LogP contribution in [0.2, 0.25) is 0 Å². The molecule has 3 rings (SSSR count). The summed E-state index contributed by atoms with van der Waals surface area (Å²) in [6.45, 7) is 4.34. The minimum atomic E-state index is -0.661. The fourth-order valence-corrected chi connectivity index (χ4v) is 3.64. The van der Waals surface area contributed by atoms with E-state index in [1.807, 2.05) is 84.9 Å². The van der Waals surface area contributed by atoms with Gasteiger partial charge in [-0.05, 0) is 28.8 Å². The van der Waals surface area contributed by atoms with Gasteiger partial charge in [-0.3, -0.25) is 9.59 Å². The van der Waals surface area contributed by atoms with E-state index in [0.29, 0.717) is 19.5 Å². The number of hydrogen-bond donors (Lipinski definition) is 1. The number of rotatable bonds is 11. The summed E-state index contributed by atoms with van der Waals surface area (Å²) in [7, 11) is 1.62. The summed E-state index contributed by atoms with van der Waals surface area (Å²) in [4.78, 5) is 28.5. The van der Waals surface area contributed by atoms with Crippen LogP contribution in [0.3, 0.4) is 0 Å². The molecule has 33 heavy (non-hydrogen) atoms. The van der Waals surface area contributed by atoms with Crippen molar-refractivity contribution in [3.05, 3.63) is 114 Å². The summed E-state index contributed by atoms with van der Waals surface area (Å²) in [6, 6.07) is 26.2. The highest BCUT2D eigenvalue weighted by Gasteiger charge is 2.30. The Morgan fingerprint density at radius 2 is 1.52 bits per heavy atom. The first-order valence-electron chi connectivity index (χ1n) is 11.0. The Morgan fingerprint density at radius 3 is 2.09 bits per heavy atom. The SMILES string of the molecule is C=CCNC(=O)[C@H](Cc1ccccc1)N(Cc1ccc(OC)cc1)C(=O)Cc1ccccc1. The van der Waals surface area contributed by atoms with Crippen molar-refractivity contribution >= 4 is 11.8 Å². The minimum absolute atomic E-state index is 0.105. The van der Waals surface area contributed by atoms with Gasteiger partial charge in [-0.2, -0.15) is 0 Å². The number of nitrogens with one attached hydrogen (secondary N) is 1. The normalized spacial score (nSPS) is 11.3. The molecule has 0 saturated carbocycles. The highest BCUT2D eigenvalue weighted by molar-refractivity contribution is 5.88. The number of hydrogen-bond acceptors (Lipinski definition) is 3. The van der Waals surface area contributed by atoms with Crippen LogP contribution in [0.4, 0.5) is 0 Å². The zero-order valence-electron chi connectivity index (χ0n) is 18.9. The van der Waals surface area contributed by atoms with E-state index in [4.69, 9.17) is 4.74 Å². The van der Waals surface area contributed by atoms with Gasteiger partial charge in [0.15, 0.2) is 0 Å². The van der Waals surface area contributed by atoms with E-state index >= 15 is 0 Å². The predicted molar refractivity (Wildman–Crippen MR) is 131 cm³/mol. The van der Waals surface area contributed by atoms with Gasteiger partial charge in [0, 0.05) is 19.5 Å². The Balaban J connectivity index is 1.93. The highest BCUT2D eigenvalue weighted by Crippen LogP contribution is 2.18. The van der Waals surface area contributed by atoms with Crippen molar-refractivity contribution < 1.29 is 14.3 Å². The average molecular weight is 443 g/mol. The third-order valence-corrected chi connectivity index (χ3v) is 5.40. The van der Waals surface area contributed by atoms with Gasteiger partial charge in [-0.1, -0.05) is 78.9 Å². The standard InChI is InChI=1S/C28H30N2O3/c1-3-18-29-28(32)26(19-22-10-6-4-7-11-22)30(21-24-14-16-25(33-2)17-15-24)27(31)20-23-12-8-5-9-13-23/h3-17,26H,1,18-21H2,2H3,(H,29,32)/t26-/m0/s1. The Kier molecular flexibility index (Phi) is 8.83. The molecule has 0 aliphatic carbocycles. The third kappa shape index (κ3) is 7.07. The molecule has 1 atom stereocenters. The Bertz CT molecular complexity index is 1030. The van der Waals surface area contributed by atoms with E-state index in [1.54, 1.807) is 18.1 Å². The third-order valence-electron chi connectivity index (χ3n) is 5.40. The monoisotopic (exact) mass is 442 g/mol. The molecule has 0 unspecified atom stereocenters. The predicted octanol–water partition coefficient (Wildman–Crippen LogP) is 4.18. The van der Waals surface area contributed by atoms with Crippen molar-refractivity contribution in [3.63, 3.8) is 0 Å². The largest absolute Gasteiger partial charge is 0.497 e. The van der Waals surface area contributed by atoms with Gasteiger partial charge in [-0.25, -0.2) is 0 Å². The van der Waals surface area contributed by atoms with Gasteiger partial charge >= 0.3 is 0 Å². The topological polar surface area (TPSA) is 58.6 Å². The summed E-state index contributed by atoms with van der Waals surface area (Å²) < 4.78 is 5.26. The van der Waals surface area contributed by atoms with Gasteiger partial charge in [0.25, 0.3) is 0 Å². The Labute approximate surface area is 195 Å². The quantitative estimate of drug-likeness (QED) is 0.453. The van der Waals surface area contributed by atoms with E-state index in [2.05, 4.69) is 11.9 Å². The molecule has 1 N–H and O–H groups in total. The van der Waals surface area contributed by atoms with Crippen LogP contribution < -0.4 is 10.1 Å². The molecule has 5 nitrogen and oxygen atoms in total. The van der Waals surface area contributed by atoms with E-state index < -0.39 is 6.04 Å². The van der Waals surface area contributed by atoms with E-state index in [0.717, 1.165) is 22.4 Å². The van der Waals surface area contributed by atoms with Gasteiger partial charge in [0.2, 0.25) is 11.8 Å². The first kappa shape index (κ1) is 23.8. The van der Waals surface area contributed by atoms with Crippen LogP contribution in [-0.2, 0) is 29.0 Å². The zero-order chi connectivity index (χ0) is 23.5. The lowest BCUT2D eigenvalue weighted by Gasteiger charge is -2.31. The second-order valence-electron chi connectivity index (χ2n) is 7.77. The zero-order valence-corrected chi connectivity index (χ0v) is 18.9. The first-order chi connectivity index (χ1) is 16.1. The van der Waals surface area contributed by atoms with Crippen LogP contribution in [0, 0.1) is 0 Å². The second kappa shape index (κ2) is 12.2. The lowest BCUT2D eigenvalue weighted by molar-refractivity contribution is -0.140. The van der Waals surface area contributed by atoms with Crippen LogP contribution in [0.1, 0.15) is 16.7 Å². The molecule has 0 fully saturated rings. The Hall–Kier alpha value is -3.86. The lowest BCUT2D eigenvalue weighted by atomic mass is 10.0. The molecule has 5 heteroatoms. The number of methoxy groups -OCH3 is 1. The highest BCUT2D eigenvalue weighted by atomic mass is 16.5. The van der Waals surface area contributed by atoms with Crippen molar-refractivity contribution in [3.8, 4) is 5.75 Å². The molecule has 0 heterocycles. The molecule has 0 aliphatic rings. The molecule has 0 bridgehead atoms. The number of benzene rings is 3. The fraction of sp³-hybridized carbons (Fsp3) is 0.214. The van der Waals surface area contributed by atoms with Crippen LogP contribution in [0.25, 0.3) is 0 Å². The minimum Gasteiger partial charge on any atom is -0.497 e. The first-order valence-corrected chi connectivity index (χ1v) is 11.0. The summed E-state index contributed by atoms with van der Waals surface area (Å²) in [6.07, 6.45) is 2.27. The van der Waals surface area contributed by atoms with Crippen molar-refractivity contribution in [2.24, 2.45) is 0 Å². The van der Waals surface area contributed by atoms with Gasteiger partial charge in [0.05, 0.1) is 13.5 Å². The molecule has 0 spiro atoms. The lowest BCUT2D eigenvalue weighted by Crippen LogP contribution is -2.51. The average Bonchev–Trinajstić information content (AvgIpc) is 2.86. The molecule has 0 saturated heterocycles. The number of carbonyl (C=O) groups is 2.